The molecule has 0 aromatic carbocycles. The van der Waals surface area contributed by atoms with Crippen molar-refractivity contribution >= 4 is 5.91 Å². The summed E-state index contributed by atoms with van der Waals surface area (Å²) in [5.74, 6) is 0.655. The van der Waals surface area contributed by atoms with Gasteiger partial charge in [-0.05, 0) is 32.6 Å². The van der Waals surface area contributed by atoms with Crippen LogP contribution >= 0.6 is 0 Å². The first-order chi connectivity index (χ1) is 12.4. The number of methoxy groups -OCH3 is 1. The maximum absolute atomic E-state index is 12.7. The first kappa shape index (κ1) is 18.2. The molecule has 2 aromatic rings. The number of hydrogen-bond acceptors (Lipinski definition) is 5. The highest BCUT2D eigenvalue weighted by atomic mass is 16.5. The van der Waals surface area contributed by atoms with Crippen molar-refractivity contribution in [2.75, 3.05) is 20.2 Å². The van der Waals surface area contributed by atoms with E-state index in [-0.39, 0.29) is 11.5 Å². The van der Waals surface area contributed by atoms with Crippen molar-refractivity contribution in [2.24, 2.45) is 13.0 Å². The normalized spacial score (nSPS) is 15.3. The van der Waals surface area contributed by atoms with Crippen molar-refractivity contribution in [1.82, 2.24) is 24.2 Å². The molecular weight excluding hydrogens is 334 g/mol. The van der Waals surface area contributed by atoms with Gasteiger partial charge in [-0.1, -0.05) is 0 Å². The van der Waals surface area contributed by atoms with E-state index in [2.05, 4.69) is 10.1 Å². The summed E-state index contributed by atoms with van der Waals surface area (Å²) in [7, 11) is 3.28. The number of amides is 1. The molecule has 1 saturated heterocycles. The second kappa shape index (κ2) is 7.31. The van der Waals surface area contributed by atoms with Crippen LogP contribution in [0.4, 0.5) is 0 Å². The Kier molecular flexibility index (Phi) is 5.11. The van der Waals surface area contributed by atoms with E-state index in [1.807, 2.05) is 18.7 Å². The van der Waals surface area contributed by atoms with Gasteiger partial charge in [0.05, 0.1) is 13.4 Å². The number of piperidine rings is 1. The molecule has 0 radical (unpaired) electrons. The monoisotopic (exact) mass is 359 g/mol. The highest BCUT2D eigenvalue weighted by Gasteiger charge is 2.27. The number of likely N-dealkylation sites (tertiary alicyclic amines) is 1. The maximum atomic E-state index is 12.7. The Balaban J connectivity index is 1.63. The number of aryl methyl sites for hydroxylation is 2. The molecule has 8 heteroatoms. The molecule has 3 rings (SSSR count). The summed E-state index contributed by atoms with van der Waals surface area (Å²) in [6.45, 7) is 5.62. The van der Waals surface area contributed by atoms with Crippen LogP contribution in [0.25, 0.3) is 0 Å². The number of hydrogen-bond donors (Lipinski definition) is 0. The third kappa shape index (κ3) is 3.49. The van der Waals surface area contributed by atoms with Gasteiger partial charge in [-0.2, -0.15) is 0 Å². The molecule has 1 amide bonds. The third-order valence-electron chi connectivity index (χ3n) is 5.09. The van der Waals surface area contributed by atoms with Gasteiger partial charge >= 0.3 is 0 Å². The van der Waals surface area contributed by atoms with Crippen LogP contribution < -0.4 is 10.3 Å². The van der Waals surface area contributed by atoms with E-state index >= 15 is 0 Å². The molecule has 0 spiro atoms. The lowest BCUT2D eigenvalue weighted by Crippen LogP contribution is -2.40. The third-order valence-corrected chi connectivity index (χ3v) is 5.09. The van der Waals surface area contributed by atoms with Gasteiger partial charge in [-0.25, -0.2) is 4.98 Å². The molecule has 2 aromatic heterocycles. The van der Waals surface area contributed by atoms with Crippen LogP contribution in [0.5, 0.6) is 5.88 Å². The average Bonchev–Trinajstić information content (AvgIpc) is 3.03. The maximum Gasteiger partial charge on any atom is 0.260 e. The Morgan fingerprint density at radius 1 is 1.31 bits per heavy atom. The predicted molar refractivity (Wildman–Crippen MR) is 96.4 cm³/mol. The van der Waals surface area contributed by atoms with Crippen molar-refractivity contribution in [3.05, 3.63) is 39.7 Å². The second-order valence-electron chi connectivity index (χ2n) is 6.87. The summed E-state index contributed by atoms with van der Waals surface area (Å²) in [5, 5.41) is 4.14. The Bertz CT molecular complexity index is 862. The van der Waals surface area contributed by atoms with Crippen LogP contribution in [0.3, 0.4) is 0 Å². The van der Waals surface area contributed by atoms with Crippen molar-refractivity contribution in [1.29, 1.82) is 0 Å². The molecule has 0 bridgehead atoms. The first-order valence-electron chi connectivity index (χ1n) is 8.80. The van der Waals surface area contributed by atoms with Crippen LogP contribution in [0.2, 0.25) is 0 Å². The number of aromatic nitrogens is 4. The highest BCUT2D eigenvalue weighted by molar-refractivity contribution is 5.96. The van der Waals surface area contributed by atoms with E-state index < -0.39 is 0 Å². The van der Waals surface area contributed by atoms with E-state index in [9.17, 15) is 9.59 Å². The summed E-state index contributed by atoms with van der Waals surface area (Å²) in [6, 6.07) is 0. The fourth-order valence-corrected chi connectivity index (χ4v) is 3.34. The zero-order chi connectivity index (χ0) is 18.8. The van der Waals surface area contributed by atoms with Gasteiger partial charge in [0.1, 0.15) is 5.56 Å². The van der Waals surface area contributed by atoms with Gasteiger partial charge in [0.25, 0.3) is 11.5 Å². The van der Waals surface area contributed by atoms with Crippen LogP contribution in [-0.2, 0) is 13.6 Å². The summed E-state index contributed by atoms with van der Waals surface area (Å²) in [6.07, 6.45) is 5.03. The minimum Gasteiger partial charge on any atom is -0.479 e. The fraction of sp³-hybridized carbons (Fsp3) is 0.556. The number of rotatable bonds is 4. The number of ether oxygens (including phenoxy) is 1. The molecule has 3 heterocycles. The molecule has 1 fully saturated rings. The number of nitrogens with zero attached hydrogens (tertiary/aromatic N) is 5. The summed E-state index contributed by atoms with van der Waals surface area (Å²) in [5.41, 5.74) is 1.99. The molecule has 0 N–H and O–H groups in total. The summed E-state index contributed by atoms with van der Waals surface area (Å²) < 4.78 is 8.46. The van der Waals surface area contributed by atoms with E-state index in [1.165, 1.54) is 7.11 Å². The standard InChI is InChI=1S/C18H25N5O3/c1-12-13(2)19-11-23(17(12)24)9-14-5-7-22(8-6-14)18(25)15-10-21(3)20-16(15)26-4/h10-11,14H,5-9H2,1-4H3. The minimum absolute atomic E-state index is 0.0242. The second-order valence-corrected chi connectivity index (χ2v) is 6.87. The fourth-order valence-electron chi connectivity index (χ4n) is 3.34. The topological polar surface area (TPSA) is 82.2 Å². The van der Waals surface area contributed by atoms with Crippen molar-refractivity contribution in [3.63, 3.8) is 0 Å². The lowest BCUT2D eigenvalue weighted by molar-refractivity contribution is 0.0679. The van der Waals surface area contributed by atoms with Gasteiger partial charge in [0, 0.05) is 44.1 Å². The minimum atomic E-state index is -0.0570. The van der Waals surface area contributed by atoms with E-state index in [0.717, 1.165) is 18.5 Å². The SMILES string of the molecule is COc1nn(C)cc1C(=O)N1CCC(Cn2cnc(C)c(C)c2=O)CC1. The lowest BCUT2D eigenvalue weighted by atomic mass is 9.96. The number of carbonyl (C=O) groups is 1. The largest absolute Gasteiger partial charge is 0.479 e. The van der Waals surface area contributed by atoms with Crippen molar-refractivity contribution in [3.8, 4) is 5.88 Å². The summed E-state index contributed by atoms with van der Waals surface area (Å²) in [4.78, 5) is 31.2. The molecule has 140 valence electrons. The molecule has 0 unspecified atom stereocenters. The zero-order valence-corrected chi connectivity index (χ0v) is 15.7. The molecular formula is C18H25N5O3. The van der Waals surface area contributed by atoms with Gasteiger partial charge in [0.2, 0.25) is 5.88 Å². The Labute approximate surface area is 152 Å². The van der Waals surface area contributed by atoms with Crippen LogP contribution in [0.1, 0.15) is 34.5 Å². The molecule has 0 saturated carbocycles. The summed E-state index contributed by atoms with van der Waals surface area (Å²) >= 11 is 0. The average molecular weight is 359 g/mol. The molecule has 0 aliphatic carbocycles. The van der Waals surface area contributed by atoms with Crippen LogP contribution in [0, 0.1) is 19.8 Å². The zero-order valence-electron chi connectivity index (χ0n) is 15.7. The predicted octanol–water partition coefficient (Wildman–Crippen LogP) is 1.15. The Morgan fingerprint density at radius 2 is 2.00 bits per heavy atom. The van der Waals surface area contributed by atoms with E-state index in [4.69, 9.17) is 4.74 Å². The lowest BCUT2D eigenvalue weighted by Gasteiger charge is -2.32. The molecule has 1 aliphatic heterocycles. The van der Waals surface area contributed by atoms with Crippen molar-refractivity contribution in [2.45, 2.75) is 33.2 Å². The van der Waals surface area contributed by atoms with Crippen LogP contribution in [-0.4, -0.2) is 50.3 Å². The smallest absolute Gasteiger partial charge is 0.260 e. The Hall–Kier alpha value is -2.64. The van der Waals surface area contributed by atoms with Crippen molar-refractivity contribution < 1.29 is 9.53 Å². The molecule has 0 atom stereocenters. The highest BCUT2D eigenvalue weighted by Crippen LogP contribution is 2.23. The quantitative estimate of drug-likeness (QED) is 0.818. The van der Waals surface area contributed by atoms with E-state index in [0.29, 0.717) is 42.6 Å². The van der Waals surface area contributed by atoms with Gasteiger partial charge in [-0.15, -0.1) is 5.10 Å². The van der Waals surface area contributed by atoms with Crippen LogP contribution in [0.15, 0.2) is 17.3 Å². The van der Waals surface area contributed by atoms with Gasteiger partial charge < -0.3 is 9.64 Å². The van der Waals surface area contributed by atoms with Gasteiger partial charge in [-0.3, -0.25) is 18.8 Å². The molecule has 26 heavy (non-hydrogen) atoms. The molecule has 8 nitrogen and oxygen atoms in total. The first-order valence-corrected chi connectivity index (χ1v) is 8.80. The molecule has 1 aliphatic rings. The number of carbonyl (C=O) groups excluding carboxylic acids is 1. The van der Waals surface area contributed by atoms with E-state index in [1.54, 1.807) is 28.8 Å². The van der Waals surface area contributed by atoms with Gasteiger partial charge in [0.15, 0.2) is 0 Å². The Morgan fingerprint density at radius 3 is 2.65 bits per heavy atom.